The zero-order chi connectivity index (χ0) is 8.85. The van der Waals surface area contributed by atoms with E-state index in [1.165, 1.54) is 0 Å². The van der Waals surface area contributed by atoms with Crippen LogP contribution < -0.4 is 5.32 Å². The van der Waals surface area contributed by atoms with Gasteiger partial charge in [0.1, 0.15) is 5.78 Å². The van der Waals surface area contributed by atoms with Crippen molar-refractivity contribution < 1.29 is 9.53 Å². The predicted molar refractivity (Wildman–Crippen MR) is 44.6 cm³/mol. The lowest BCUT2D eigenvalue weighted by Gasteiger charge is -2.18. The summed E-state index contributed by atoms with van der Waals surface area (Å²) in [6.45, 7) is 5.96. The first-order valence-electron chi connectivity index (χ1n) is 3.83. The Balaban J connectivity index is 3.51. The number of ketones is 1. The summed E-state index contributed by atoms with van der Waals surface area (Å²) < 4.78 is 5.07. The SMILES string of the molecule is COC(C)C(C)NCC(C)=O. The first-order valence-corrected chi connectivity index (χ1v) is 3.83. The molecule has 0 amide bonds. The van der Waals surface area contributed by atoms with Crippen LogP contribution in [0.5, 0.6) is 0 Å². The molecule has 3 heteroatoms. The molecule has 0 aliphatic heterocycles. The van der Waals surface area contributed by atoms with Gasteiger partial charge < -0.3 is 10.1 Å². The van der Waals surface area contributed by atoms with Crippen molar-refractivity contribution >= 4 is 5.78 Å². The van der Waals surface area contributed by atoms with Gasteiger partial charge >= 0.3 is 0 Å². The van der Waals surface area contributed by atoms with Gasteiger partial charge in [0.2, 0.25) is 0 Å². The second-order valence-corrected chi connectivity index (χ2v) is 2.81. The third-order valence-corrected chi connectivity index (χ3v) is 1.75. The van der Waals surface area contributed by atoms with Crippen LogP contribution in [0.3, 0.4) is 0 Å². The Morgan fingerprint density at radius 1 is 1.55 bits per heavy atom. The van der Waals surface area contributed by atoms with Crippen molar-refractivity contribution in [1.82, 2.24) is 5.32 Å². The van der Waals surface area contributed by atoms with Crippen LogP contribution in [0.25, 0.3) is 0 Å². The van der Waals surface area contributed by atoms with Crippen molar-refractivity contribution in [1.29, 1.82) is 0 Å². The maximum absolute atomic E-state index is 10.6. The lowest BCUT2D eigenvalue weighted by Crippen LogP contribution is -2.39. The number of methoxy groups -OCH3 is 1. The van der Waals surface area contributed by atoms with Crippen LogP contribution in [0.15, 0.2) is 0 Å². The van der Waals surface area contributed by atoms with E-state index in [0.29, 0.717) is 6.54 Å². The Kier molecular flexibility index (Phi) is 5.07. The predicted octanol–water partition coefficient (Wildman–Crippen LogP) is 0.588. The van der Waals surface area contributed by atoms with Crippen molar-refractivity contribution in [2.45, 2.75) is 32.9 Å². The minimum atomic E-state index is 0.148. The first-order chi connectivity index (χ1) is 5.07. The Morgan fingerprint density at radius 2 is 2.09 bits per heavy atom. The van der Waals surface area contributed by atoms with E-state index >= 15 is 0 Å². The van der Waals surface area contributed by atoms with Crippen LogP contribution in [0, 0.1) is 0 Å². The number of carbonyl (C=O) groups excluding carboxylic acids is 1. The third kappa shape index (κ3) is 4.93. The van der Waals surface area contributed by atoms with Gasteiger partial charge in [-0.15, -0.1) is 0 Å². The Hall–Kier alpha value is -0.410. The minimum absolute atomic E-state index is 0.148. The monoisotopic (exact) mass is 159 g/mol. The van der Waals surface area contributed by atoms with E-state index in [1.54, 1.807) is 14.0 Å². The zero-order valence-corrected chi connectivity index (χ0v) is 7.68. The molecule has 0 fully saturated rings. The molecule has 0 aliphatic carbocycles. The fourth-order valence-electron chi connectivity index (χ4n) is 0.675. The zero-order valence-electron chi connectivity index (χ0n) is 7.68. The number of nitrogens with one attached hydrogen (secondary N) is 1. The number of hydrogen-bond donors (Lipinski definition) is 1. The van der Waals surface area contributed by atoms with Crippen molar-refractivity contribution in [3.63, 3.8) is 0 Å². The van der Waals surface area contributed by atoms with Gasteiger partial charge in [0, 0.05) is 13.2 Å². The fourth-order valence-corrected chi connectivity index (χ4v) is 0.675. The number of carbonyl (C=O) groups is 1. The van der Waals surface area contributed by atoms with Gasteiger partial charge in [-0.3, -0.25) is 4.79 Å². The molecular formula is C8H17NO2. The molecule has 2 atom stereocenters. The molecule has 0 saturated heterocycles. The Morgan fingerprint density at radius 3 is 2.45 bits per heavy atom. The van der Waals surface area contributed by atoms with E-state index in [1.807, 2.05) is 13.8 Å². The van der Waals surface area contributed by atoms with Crippen LogP contribution in [-0.4, -0.2) is 31.6 Å². The number of ether oxygens (including phenoxy) is 1. The van der Waals surface area contributed by atoms with E-state index in [0.717, 1.165) is 0 Å². The summed E-state index contributed by atoms with van der Waals surface area (Å²) >= 11 is 0. The van der Waals surface area contributed by atoms with Gasteiger partial charge in [-0.25, -0.2) is 0 Å². The molecule has 0 aliphatic rings. The standard InChI is InChI=1S/C8H17NO2/c1-6(10)5-9-7(2)8(3)11-4/h7-9H,5H2,1-4H3. The summed E-state index contributed by atoms with van der Waals surface area (Å²) in [5.74, 6) is 0.153. The number of Topliss-reactive ketones (excluding diaryl/α,β-unsaturated/α-hetero) is 1. The largest absolute Gasteiger partial charge is 0.380 e. The van der Waals surface area contributed by atoms with E-state index in [-0.39, 0.29) is 17.9 Å². The molecule has 11 heavy (non-hydrogen) atoms. The van der Waals surface area contributed by atoms with Gasteiger partial charge in [-0.2, -0.15) is 0 Å². The first kappa shape index (κ1) is 10.6. The Bertz CT molecular complexity index is 125. The molecule has 0 aromatic carbocycles. The van der Waals surface area contributed by atoms with E-state index in [9.17, 15) is 4.79 Å². The van der Waals surface area contributed by atoms with Crippen molar-refractivity contribution in [3.8, 4) is 0 Å². The van der Waals surface area contributed by atoms with E-state index in [4.69, 9.17) is 4.74 Å². The highest BCUT2D eigenvalue weighted by Crippen LogP contribution is 1.94. The molecule has 0 saturated carbocycles. The summed E-state index contributed by atoms with van der Waals surface area (Å²) in [7, 11) is 1.66. The highest BCUT2D eigenvalue weighted by atomic mass is 16.5. The average molecular weight is 159 g/mol. The van der Waals surface area contributed by atoms with Crippen LogP contribution in [0.4, 0.5) is 0 Å². The molecule has 66 valence electrons. The molecule has 0 aromatic heterocycles. The van der Waals surface area contributed by atoms with Crippen molar-refractivity contribution in [2.24, 2.45) is 0 Å². The van der Waals surface area contributed by atoms with Crippen LogP contribution >= 0.6 is 0 Å². The second-order valence-electron chi connectivity index (χ2n) is 2.81. The van der Waals surface area contributed by atoms with E-state index < -0.39 is 0 Å². The molecule has 2 unspecified atom stereocenters. The van der Waals surface area contributed by atoms with Gasteiger partial charge in [-0.1, -0.05) is 0 Å². The lowest BCUT2D eigenvalue weighted by molar-refractivity contribution is -0.116. The summed E-state index contributed by atoms with van der Waals surface area (Å²) in [4.78, 5) is 10.6. The summed E-state index contributed by atoms with van der Waals surface area (Å²) in [5, 5.41) is 3.06. The van der Waals surface area contributed by atoms with Crippen LogP contribution in [0.1, 0.15) is 20.8 Å². The molecule has 0 radical (unpaired) electrons. The maximum atomic E-state index is 10.6. The number of rotatable bonds is 5. The Labute approximate surface area is 68.1 Å². The molecule has 0 spiro atoms. The lowest BCUT2D eigenvalue weighted by atomic mass is 10.2. The highest BCUT2D eigenvalue weighted by Gasteiger charge is 2.09. The summed E-state index contributed by atoms with van der Waals surface area (Å²) in [5.41, 5.74) is 0. The second kappa shape index (κ2) is 5.27. The molecule has 3 nitrogen and oxygen atoms in total. The maximum Gasteiger partial charge on any atom is 0.143 e. The average Bonchev–Trinajstić information content (AvgIpc) is 1.98. The molecule has 0 aromatic rings. The van der Waals surface area contributed by atoms with Gasteiger partial charge in [-0.05, 0) is 20.8 Å². The summed E-state index contributed by atoms with van der Waals surface area (Å²) in [6, 6.07) is 0.226. The quantitative estimate of drug-likeness (QED) is 0.638. The highest BCUT2D eigenvalue weighted by molar-refractivity contribution is 5.77. The van der Waals surface area contributed by atoms with Gasteiger partial charge in [0.25, 0.3) is 0 Å². The van der Waals surface area contributed by atoms with Crippen LogP contribution in [-0.2, 0) is 9.53 Å². The molecule has 0 heterocycles. The van der Waals surface area contributed by atoms with Gasteiger partial charge in [0.15, 0.2) is 0 Å². The third-order valence-electron chi connectivity index (χ3n) is 1.75. The van der Waals surface area contributed by atoms with Crippen LogP contribution in [0.2, 0.25) is 0 Å². The molecule has 0 rings (SSSR count). The van der Waals surface area contributed by atoms with Gasteiger partial charge in [0.05, 0.1) is 12.6 Å². The topological polar surface area (TPSA) is 38.3 Å². The smallest absolute Gasteiger partial charge is 0.143 e. The fraction of sp³-hybridized carbons (Fsp3) is 0.875. The van der Waals surface area contributed by atoms with Crippen molar-refractivity contribution in [2.75, 3.05) is 13.7 Å². The molecule has 1 N–H and O–H groups in total. The normalized spacial score (nSPS) is 16.0. The minimum Gasteiger partial charge on any atom is -0.380 e. The number of hydrogen-bond acceptors (Lipinski definition) is 3. The van der Waals surface area contributed by atoms with E-state index in [2.05, 4.69) is 5.32 Å². The molecule has 0 bridgehead atoms. The van der Waals surface area contributed by atoms with Crippen molar-refractivity contribution in [3.05, 3.63) is 0 Å². The molecular weight excluding hydrogens is 142 g/mol. The summed E-state index contributed by atoms with van der Waals surface area (Å²) in [6.07, 6.45) is 0.148.